The van der Waals surface area contributed by atoms with Crippen molar-refractivity contribution in [1.82, 2.24) is 0 Å². The van der Waals surface area contributed by atoms with Crippen molar-refractivity contribution >= 4 is 29.1 Å². The first-order chi connectivity index (χ1) is 17.6. The predicted octanol–water partition coefficient (Wildman–Crippen LogP) is 5.39. The summed E-state index contributed by atoms with van der Waals surface area (Å²) >= 11 is 0. The van der Waals surface area contributed by atoms with E-state index in [2.05, 4.69) is 0 Å². The van der Waals surface area contributed by atoms with Gasteiger partial charge in [0.25, 0.3) is 11.7 Å². The lowest BCUT2D eigenvalue weighted by Crippen LogP contribution is -2.29. The molecule has 1 atom stereocenters. The van der Waals surface area contributed by atoms with Crippen LogP contribution in [0.4, 0.5) is 5.69 Å². The molecule has 0 spiro atoms. The van der Waals surface area contributed by atoms with Crippen molar-refractivity contribution in [2.45, 2.75) is 39.2 Å². The van der Waals surface area contributed by atoms with E-state index >= 15 is 0 Å². The number of amides is 1. The Morgan fingerprint density at radius 3 is 2.30 bits per heavy atom. The molecule has 3 aromatic rings. The van der Waals surface area contributed by atoms with E-state index in [4.69, 9.17) is 13.9 Å². The van der Waals surface area contributed by atoms with Crippen molar-refractivity contribution < 1.29 is 33.4 Å². The van der Waals surface area contributed by atoms with E-state index < -0.39 is 23.7 Å². The monoisotopic (exact) mass is 503 g/mol. The zero-order chi connectivity index (χ0) is 26.9. The van der Waals surface area contributed by atoms with Crippen molar-refractivity contribution in [3.05, 3.63) is 88.9 Å². The molecule has 0 radical (unpaired) electrons. The van der Waals surface area contributed by atoms with Gasteiger partial charge in [-0.1, -0.05) is 20.8 Å². The number of anilines is 1. The number of carbonyl (C=O) groups excluding carboxylic acids is 3. The second kappa shape index (κ2) is 9.97. The van der Waals surface area contributed by atoms with Crippen LogP contribution in [-0.4, -0.2) is 36.5 Å². The van der Waals surface area contributed by atoms with E-state index in [9.17, 15) is 19.5 Å². The third-order valence-electron chi connectivity index (χ3n) is 6.18. The van der Waals surface area contributed by atoms with Gasteiger partial charge < -0.3 is 19.0 Å². The lowest BCUT2D eigenvalue weighted by atomic mass is 9.84. The van der Waals surface area contributed by atoms with Crippen LogP contribution in [0.2, 0.25) is 0 Å². The Balaban J connectivity index is 1.87. The highest BCUT2D eigenvalue weighted by molar-refractivity contribution is 6.51. The van der Waals surface area contributed by atoms with Crippen molar-refractivity contribution in [3.8, 4) is 5.75 Å². The van der Waals surface area contributed by atoms with E-state index in [1.54, 1.807) is 42.5 Å². The Hall–Kier alpha value is -4.33. The predicted molar refractivity (Wildman–Crippen MR) is 138 cm³/mol. The van der Waals surface area contributed by atoms with E-state index in [0.29, 0.717) is 34.9 Å². The number of Topliss-reactive ketones (excluding diaryl/α,β-unsaturated/α-hetero) is 1. The summed E-state index contributed by atoms with van der Waals surface area (Å²) in [4.78, 5) is 39.7. The average Bonchev–Trinajstić information content (AvgIpc) is 3.50. The van der Waals surface area contributed by atoms with Crippen LogP contribution in [0.1, 0.15) is 61.0 Å². The van der Waals surface area contributed by atoms with Gasteiger partial charge in [-0.15, -0.1) is 0 Å². The molecule has 1 aliphatic rings. The first kappa shape index (κ1) is 25.8. The molecule has 1 aromatic heterocycles. The molecule has 8 nitrogen and oxygen atoms in total. The van der Waals surface area contributed by atoms with Gasteiger partial charge in [-0.3, -0.25) is 14.5 Å². The quantitative estimate of drug-likeness (QED) is 0.208. The number of benzene rings is 2. The molecule has 4 rings (SSSR count). The first-order valence-electron chi connectivity index (χ1n) is 11.9. The number of rotatable bonds is 6. The van der Waals surface area contributed by atoms with Crippen LogP contribution in [0.3, 0.4) is 0 Å². The SMILES string of the molecule is CCOc1ccc(/C(O)=C2/C(=O)C(=O)N(c3ccc(C(=O)OC)cc3)C2c2ccco2)cc1C(C)(C)C. The van der Waals surface area contributed by atoms with Gasteiger partial charge in [0.05, 0.1) is 31.1 Å². The van der Waals surface area contributed by atoms with Crippen LogP contribution >= 0.6 is 0 Å². The molecule has 8 heteroatoms. The number of hydrogen-bond donors (Lipinski definition) is 1. The molecule has 192 valence electrons. The van der Waals surface area contributed by atoms with Crippen LogP contribution in [0.5, 0.6) is 5.75 Å². The maximum Gasteiger partial charge on any atom is 0.337 e. The fraction of sp³-hybridized carbons (Fsp3) is 0.276. The number of esters is 1. The highest BCUT2D eigenvalue weighted by Crippen LogP contribution is 2.43. The molecule has 2 aromatic carbocycles. The summed E-state index contributed by atoms with van der Waals surface area (Å²) in [7, 11) is 1.28. The van der Waals surface area contributed by atoms with Crippen LogP contribution in [0.25, 0.3) is 5.76 Å². The molecular weight excluding hydrogens is 474 g/mol. The van der Waals surface area contributed by atoms with Crippen molar-refractivity contribution in [3.63, 3.8) is 0 Å². The smallest absolute Gasteiger partial charge is 0.337 e. The lowest BCUT2D eigenvalue weighted by Gasteiger charge is -2.25. The first-order valence-corrected chi connectivity index (χ1v) is 11.9. The highest BCUT2D eigenvalue weighted by Gasteiger charge is 2.48. The largest absolute Gasteiger partial charge is 0.507 e. The lowest BCUT2D eigenvalue weighted by molar-refractivity contribution is -0.132. The van der Waals surface area contributed by atoms with Crippen LogP contribution in [0.15, 0.2) is 70.9 Å². The van der Waals surface area contributed by atoms with Crippen LogP contribution < -0.4 is 9.64 Å². The summed E-state index contributed by atoms with van der Waals surface area (Å²) in [6.45, 7) is 8.44. The summed E-state index contributed by atoms with van der Waals surface area (Å²) in [6.07, 6.45) is 1.43. The molecule has 1 N–H and O–H groups in total. The van der Waals surface area contributed by atoms with Crippen LogP contribution in [-0.2, 0) is 19.7 Å². The number of ether oxygens (including phenoxy) is 2. The van der Waals surface area contributed by atoms with Gasteiger partial charge in [0.2, 0.25) is 0 Å². The number of ketones is 1. The molecule has 37 heavy (non-hydrogen) atoms. The van der Waals surface area contributed by atoms with Gasteiger partial charge in [-0.25, -0.2) is 4.79 Å². The minimum Gasteiger partial charge on any atom is -0.507 e. The summed E-state index contributed by atoms with van der Waals surface area (Å²) in [5.41, 5.74) is 1.47. The number of furan rings is 1. The normalized spacial score (nSPS) is 17.2. The summed E-state index contributed by atoms with van der Waals surface area (Å²) in [5.74, 6) is -1.53. The van der Waals surface area contributed by atoms with E-state index in [1.165, 1.54) is 30.4 Å². The maximum absolute atomic E-state index is 13.3. The zero-order valence-corrected chi connectivity index (χ0v) is 21.4. The van der Waals surface area contributed by atoms with Gasteiger partial charge >= 0.3 is 5.97 Å². The number of carbonyl (C=O) groups is 3. The number of aliphatic hydroxyl groups is 1. The van der Waals surface area contributed by atoms with Gasteiger partial charge in [-0.2, -0.15) is 0 Å². The minimum absolute atomic E-state index is 0.0963. The Labute approximate surface area is 215 Å². The van der Waals surface area contributed by atoms with E-state index in [1.807, 2.05) is 27.7 Å². The second-order valence-electron chi connectivity index (χ2n) is 9.62. The molecule has 1 saturated heterocycles. The summed E-state index contributed by atoms with van der Waals surface area (Å²) in [6, 6.07) is 13.5. The fourth-order valence-corrected chi connectivity index (χ4v) is 4.39. The Bertz CT molecular complexity index is 1360. The van der Waals surface area contributed by atoms with Crippen molar-refractivity contribution in [2.24, 2.45) is 0 Å². The molecule has 0 saturated carbocycles. The van der Waals surface area contributed by atoms with E-state index in [0.717, 1.165) is 5.56 Å². The number of methoxy groups -OCH3 is 1. The molecule has 1 fully saturated rings. The van der Waals surface area contributed by atoms with Gasteiger partial charge in [-0.05, 0) is 66.9 Å². The topological polar surface area (TPSA) is 106 Å². The van der Waals surface area contributed by atoms with Gasteiger partial charge in [0.1, 0.15) is 23.3 Å². The Kier molecular flexibility index (Phi) is 6.94. The summed E-state index contributed by atoms with van der Waals surface area (Å²) in [5, 5.41) is 11.4. The molecule has 1 unspecified atom stereocenters. The molecule has 1 amide bonds. The molecular formula is C29H29NO7. The standard InChI is InChI=1S/C29H29NO7/c1-6-36-21-14-11-18(16-20(21)29(2,3)4)25(31)23-24(22-8-7-15-37-22)30(27(33)26(23)32)19-12-9-17(10-13-19)28(34)35-5/h7-16,24,31H,6H2,1-5H3/b25-23-. The van der Waals surface area contributed by atoms with Crippen LogP contribution in [0, 0.1) is 0 Å². The third kappa shape index (κ3) is 4.74. The van der Waals surface area contributed by atoms with Crippen molar-refractivity contribution in [1.29, 1.82) is 0 Å². The Morgan fingerprint density at radius 2 is 1.73 bits per heavy atom. The fourth-order valence-electron chi connectivity index (χ4n) is 4.39. The van der Waals surface area contributed by atoms with Gasteiger partial charge in [0, 0.05) is 16.8 Å². The summed E-state index contributed by atoms with van der Waals surface area (Å²) < 4.78 is 16.1. The Morgan fingerprint density at radius 1 is 1.05 bits per heavy atom. The average molecular weight is 504 g/mol. The number of aliphatic hydroxyl groups excluding tert-OH is 1. The third-order valence-corrected chi connectivity index (χ3v) is 6.18. The maximum atomic E-state index is 13.3. The van der Waals surface area contributed by atoms with Crippen molar-refractivity contribution in [2.75, 3.05) is 18.6 Å². The van der Waals surface area contributed by atoms with Gasteiger partial charge in [0.15, 0.2) is 0 Å². The molecule has 0 bridgehead atoms. The molecule has 0 aliphatic carbocycles. The zero-order valence-electron chi connectivity index (χ0n) is 21.4. The highest BCUT2D eigenvalue weighted by atomic mass is 16.5. The second-order valence-corrected chi connectivity index (χ2v) is 9.62. The molecule has 2 heterocycles. The number of nitrogens with zero attached hydrogens (tertiary/aromatic N) is 1. The minimum atomic E-state index is -1.01. The van der Waals surface area contributed by atoms with E-state index in [-0.39, 0.29) is 16.7 Å². The molecule has 1 aliphatic heterocycles. The number of hydrogen-bond acceptors (Lipinski definition) is 7.